The zero-order valence-corrected chi connectivity index (χ0v) is 62.4. The fourth-order valence-corrected chi connectivity index (χ4v) is 13.2. The van der Waals surface area contributed by atoms with Crippen molar-refractivity contribution in [3.8, 4) is 0 Å². The van der Waals surface area contributed by atoms with E-state index in [-0.39, 0.29) is 99.1 Å². The lowest BCUT2D eigenvalue weighted by Gasteiger charge is -2.48. The third-order valence-electron chi connectivity index (χ3n) is 19.0. The van der Waals surface area contributed by atoms with Crippen LogP contribution in [0.3, 0.4) is 0 Å². The number of carbonyl (C=O) groups is 4. The zero-order chi connectivity index (χ0) is 80.3. The van der Waals surface area contributed by atoms with E-state index in [1.165, 1.54) is 21.0 Å². The van der Waals surface area contributed by atoms with Gasteiger partial charge in [0.25, 0.3) is 0 Å². The number of aliphatic carboxylic acids is 2. The van der Waals surface area contributed by atoms with Gasteiger partial charge in [0.2, 0.25) is 11.8 Å². The Morgan fingerprint density at radius 3 is 1.18 bits per heavy atom. The molecule has 6 fully saturated rings. The van der Waals surface area contributed by atoms with Crippen molar-refractivity contribution in [1.29, 1.82) is 0 Å². The van der Waals surface area contributed by atoms with Crippen LogP contribution in [0.5, 0.6) is 0 Å². The average Bonchev–Trinajstić information content (AvgIpc) is 0.782. The number of hydrogen-bond acceptors (Lipinski definition) is 38. The second-order valence-corrected chi connectivity index (χ2v) is 27.7. The number of ether oxygens (including phenoxy) is 20. The number of hydrogen-bond donors (Lipinski definition) is 18. The van der Waals surface area contributed by atoms with Crippen molar-refractivity contribution >= 4 is 23.8 Å². The molecule has 16 unspecified atom stereocenters. The fourth-order valence-electron chi connectivity index (χ4n) is 13.2. The highest BCUT2D eigenvalue weighted by Gasteiger charge is 2.56. The van der Waals surface area contributed by atoms with E-state index in [1.807, 2.05) is 0 Å². The SMILES string of the molecule is CC[C@H]1OC(CO[C@H]2OC(COC)[C@@H](OCC(O)COCCCCOCC(O)COCC3O[C@H](C)C(NC(C)=O)[C@@H](O[C@@H]4OC(C(=O)O)[C@@H](OC)[C@H](O)C4OCC(O)COCCCCOCC(O)COCC4O[C@H](C)C(NC(C)=O)[C@@H](O[C@@H]5OC(C(=O)O)[C@@H](OC)[C@H](O)C5O)[C@@H]4O)[C@@H]3O)[C@H](O)C2O)[C@@H](O)[C@H](O)C1O. The molecule has 109 heavy (non-hydrogen) atoms. The summed E-state index contributed by atoms with van der Waals surface area (Å²) in [6, 6.07) is -2.16. The Labute approximate surface area is 630 Å². The van der Waals surface area contributed by atoms with E-state index in [4.69, 9.17) is 94.7 Å². The molecule has 6 rings (SSSR count). The summed E-state index contributed by atoms with van der Waals surface area (Å²) in [5.74, 6) is -4.16. The number of methoxy groups -OCH3 is 3. The van der Waals surface area contributed by atoms with Gasteiger partial charge in [-0.1, -0.05) is 6.92 Å². The minimum Gasteiger partial charge on any atom is -0.479 e. The second-order valence-electron chi connectivity index (χ2n) is 27.7. The highest BCUT2D eigenvalue weighted by molar-refractivity contribution is 5.74. The number of carboxylic acid groups (broad SMARTS) is 2. The normalized spacial score (nSPS) is 38.4. The van der Waals surface area contributed by atoms with Crippen molar-refractivity contribution in [2.75, 3.05) is 127 Å². The van der Waals surface area contributed by atoms with Gasteiger partial charge in [0.1, 0.15) is 146 Å². The first-order valence-electron chi connectivity index (χ1n) is 36.5. The average molecular weight is 1590 g/mol. The lowest BCUT2D eigenvalue weighted by Crippen LogP contribution is -2.68. The Kier molecular flexibility index (Phi) is 41.1. The summed E-state index contributed by atoms with van der Waals surface area (Å²) >= 11 is 0. The molecule has 0 aliphatic carbocycles. The Balaban J connectivity index is 0.865. The number of nitrogens with one attached hydrogen (secondary N) is 2. The highest BCUT2D eigenvalue weighted by atomic mass is 16.8. The summed E-state index contributed by atoms with van der Waals surface area (Å²) < 4.78 is 114. The number of aliphatic hydroxyl groups excluding tert-OH is 14. The van der Waals surface area contributed by atoms with E-state index in [1.54, 1.807) is 20.8 Å². The predicted octanol–water partition coefficient (Wildman–Crippen LogP) is -8.96. The van der Waals surface area contributed by atoms with E-state index in [9.17, 15) is 101 Å². The topological polar surface area (TPSA) is 601 Å². The van der Waals surface area contributed by atoms with Crippen LogP contribution in [-0.2, 0) is 114 Å². The number of carboxylic acids is 2. The minimum atomic E-state index is -1.84. The molecule has 0 radical (unpaired) electrons. The first-order chi connectivity index (χ1) is 51.9. The first kappa shape index (κ1) is 94.4. The Morgan fingerprint density at radius 2 is 0.752 bits per heavy atom. The molecule has 6 saturated heterocycles. The monoisotopic (exact) mass is 1590 g/mol. The number of aliphatic hydroxyl groups is 14. The second kappa shape index (κ2) is 47.5. The highest BCUT2D eigenvalue weighted by Crippen LogP contribution is 2.35. The van der Waals surface area contributed by atoms with Crippen LogP contribution in [0.15, 0.2) is 0 Å². The van der Waals surface area contributed by atoms with Crippen molar-refractivity contribution in [3.63, 3.8) is 0 Å². The Bertz CT molecular complexity index is 2600. The largest absolute Gasteiger partial charge is 0.479 e. The van der Waals surface area contributed by atoms with Crippen LogP contribution in [0.25, 0.3) is 0 Å². The molecule has 42 nitrogen and oxygen atoms in total. The van der Waals surface area contributed by atoms with Crippen LogP contribution in [0.2, 0.25) is 0 Å². The maximum absolute atomic E-state index is 12.5. The van der Waals surface area contributed by atoms with Crippen LogP contribution in [0, 0.1) is 0 Å². The molecule has 18 N–H and O–H groups in total. The number of amides is 2. The summed E-state index contributed by atoms with van der Waals surface area (Å²) in [6.45, 7) is 4.64. The minimum absolute atomic E-state index is 0.107. The fraction of sp³-hybridized carbons (Fsp3) is 0.940. The van der Waals surface area contributed by atoms with Gasteiger partial charge in [0, 0.05) is 61.6 Å². The van der Waals surface area contributed by atoms with Crippen LogP contribution >= 0.6 is 0 Å². The standard InChI is InChI=1S/C67H118N2O40/c1-9-38-45(76)49(80)46(77)41(104-38)29-101-65-52(83)50(81)55(42(105-65)26-90-6)99-24-36(74)20-95-16-12-10-14-93-19-35(73)23-98-28-40-48(79)57(44(31(3)103-40)69-33(5)71)107-67-60(54(85)59(92-8)62(109-67)64(88)89)100-25-37(75)21-96-17-13-11-15-94-18-34(72)22-97-27-39-47(78)56(43(30(2)102-39)68-32(4)70)106-66-53(84)51(82)58(91-7)61(108-66)63(86)87/h30-31,34-62,65-67,72-85H,9-29H2,1-8H3,(H,68,70)(H,69,71)(H,86,87)(H,88,89)/t30-,31-,34?,35?,36?,37?,38-,39?,40?,41?,42?,43?,44?,45?,46-,47-,48-,49-,50-,51-,52?,53?,54+,55-,56-,57-,58+,59+,60?,61?,62?,65+,66-,67-/m1/s1. The number of carbonyl (C=O) groups excluding carboxylic acids is 2. The molecule has 0 aromatic heterocycles. The summed E-state index contributed by atoms with van der Waals surface area (Å²) in [4.78, 5) is 49.0. The van der Waals surface area contributed by atoms with Crippen LogP contribution in [-0.4, -0.2) is 440 Å². The molecule has 42 heteroatoms. The molecule has 6 aliphatic heterocycles. The molecular weight excluding hydrogens is 1470 g/mol. The van der Waals surface area contributed by atoms with E-state index < -0.39 is 238 Å². The maximum atomic E-state index is 12.5. The van der Waals surface area contributed by atoms with E-state index in [2.05, 4.69) is 10.6 Å². The summed E-state index contributed by atoms with van der Waals surface area (Å²) in [5, 5.41) is 177. The molecule has 34 atom stereocenters. The zero-order valence-electron chi connectivity index (χ0n) is 62.4. The van der Waals surface area contributed by atoms with Crippen LogP contribution < -0.4 is 10.6 Å². The molecule has 0 bridgehead atoms. The van der Waals surface area contributed by atoms with Crippen LogP contribution in [0.4, 0.5) is 0 Å². The molecule has 2 amide bonds. The van der Waals surface area contributed by atoms with Gasteiger partial charge in [0.15, 0.2) is 31.1 Å². The Hall–Kier alpha value is -3.48. The molecule has 0 spiro atoms. The van der Waals surface area contributed by atoms with Crippen molar-refractivity contribution in [1.82, 2.24) is 10.6 Å². The lowest BCUT2D eigenvalue weighted by molar-refractivity contribution is -0.335. The summed E-state index contributed by atoms with van der Waals surface area (Å²) in [6.07, 6.45) is -42.8. The molecule has 636 valence electrons. The van der Waals surface area contributed by atoms with Crippen molar-refractivity contribution < 1.29 is 196 Å². The van der Waals surface area contributed by atoms with Gasteiger partial charge in [0.05, 0.1) is 110 Å². The number of unbranched alkanes of at least 4 members (excludes halogenated alkanes) is 2. The molecular formula is C67H118N2O40. The molecule has 0 saturated carbocycles. The number of rotatable bonds is 48. The van der Waals surface area contributed by atoms with Crippen molar-refractivity contribution in [2.24, 2.45) is 0 Å². The van der Waals surface area contributed by atoms with Gasteiger partial charge in [-0.25, -0.2) is 9.59 Å². The quantitative estimate of drug-likeness (QED) is 0.0252. The Morgan fingerprint density at radius 1 is 0.367 bits per heavy atom. The summed E-state index contributed by atoms with van der Waals surface area (Å²) in [7, 11) is 3.63. The van der Waals surface area contributed by atoms with Gasteiger partial charge in [-0.05, 0) is 46.0 Å². The smallest absolute Gasteiger partial charge is 0.335 e. The van der Waals surface area contributed by atoms with Gasteiger partial charge < -0.3 is 187 Å². The van der Waals surface area contributed by atoms with Gasteiger partial charge >= 0.3 is 11.9 Å². The van der Waals surface area contributed by atoms with Crippen LogP contribution in [0.1, 0.15) is 66.7 Å². The molecule has 6 heterocycles. The molecule has 0 aromatic rings. The lowest BCUT2D eigenvalue weighted by atomic mass is 9.92. The van der Waals surface area contributed by atoms with Gasteiger partial charge in [-0.3, -0.25) is 9.59 Å². The van der Waals surface area contributed by atoms with Gasteiger partial charge in [-0.2, -0.15) is 0 Å². The third-order valence-corrected chi connectivity index (χ3v) is 19.0. The van der Waals surface area contributed by atoms with E-state index in [0.717, 1.165) is 14.2 Å². The van der Waals surface area contributed by atoms with Crippen molar-refractivity contribution in [3.05, 3.63) is 0 Å². The predicted molar refractivity (Wildman–Crippen MR) is 360 cm³/mol. The molecule has 0 aromatic carbocycles. The summed E-state index contributed by atoms with van der Waals surface area (Å²) in [5.41, 5.74) is 0. The van der Waals surface area contributed by atoms with Gasteiger partial charge in [-0.15, -0.1) is 0 Å². The third kappa shape index (κ3) is 27.9. The van der Waals surface area contributed by atoms with Crippen molar-refractivity contribution in [2.45, 2.75) is 275 Å². The molecule has 6 aliphatic rings. The first-order valence-corrected chi connectivity index (χ1v) is 36.5. The van der Waals surface area contributed by atoms with E-state index in [0.29, 0.717) is 32.1 Å². The van der Waals surface area contributed by atoms with E-state index >= 15 is 0 Å². The maximum Gasteiger partial charge on any atom is 0.335 e.